The number of hydrogen-bond acceptors (Lipinski definition) is 3. The van der Waals surface area contributed by atoms with Crippen LogP contribution in [0.2, 0.25) is 0 Å². The molecular formula is C19H15N5O. The van der Waals surface area contributed by atoms with Crippen molar-refractivity contribution in [3.8, 4) is 0 Å². The fourth-order valence-electron chi connectivity index (χ4n) is 2.60. The molecule has 4 rings (SSSR count). The van der Waals surface area contributed by atoms with E-state index in [9.17, 15) is 4.79 Å². The number of pyridine rings is 1. The van der Waals surface area contributed by atoms with E-state index >= 15 is 0 Å². The van der Waals surface area contributed by atoms with Crippen LogP contribution in [0.1, 0.15) is 10.4 Å². The Labute approximate surface area is 143 Å². The zero-order valence-electron chi connectivity index (χ0n) is 13.4. The van der Waals surface area contributed by atoms with E-state index in [0.717, 1.165) is 11.0 Å². The Morgan fingerprint density at radius 1 is 0.920 bits per heavy atom. The topological polar surface area (TPSA) is 65.1 Å². The highest BCUT2D eigenvalue weighted by Gasteiger charge is 2.06. The lowest BCUT2D eigenvalue weighted by Gasteiger charge is -2.07. The van der Waals surface area contributed by atoms with Crippen molar-refractivity contribution in [1.29, 1.82) is 0 Å². The molecule has 2 aromatic heterocycles. The van der Waals surface area contributed by atoms with Crippen LogP contribution >= 0.6 is 0 Å². The second kappa shape index (κ2) is 6.52. The maximum absolute atomic E-state index is 12.4. The Balaban J connectivity index is 1.72. The number of aromatic nitrogens is 4. The number of para-hydroxylation sites is 1. The third-order valence-corrected chi connectivity index (χ3v) is 3.86. The molecule has 6 nitrogen and oxygen atoms in total. The third kappa shape index (κ3) is 3.10. The van der Waals surface area contributed by atoms with Gasteiger partial charge in [0.15, 0.2) is 0 Å². The molecule has 0 aliphatic heterocycles. The highest BCUT2D eigenvalue weighted by atomic mass is 16.1. The molecule has 0 N–H and O–H groups in total. The van der Waals surface area contributed by atoms with Gasteiger partial charge in [-0.25, -0.2) is 4.68 Å². The first-order valence-corrected chi connectivity index (χ1v) is 7.89. The second-order valence-corrected chi connectivity index (χ2v) is 5.53. The monoisotopic (exact) mass is 329 g/mol. The largest absolute Gasteiger partial charge is 0.313 e. The van der Waals surface area contributed by atoms with Crippen molar-refractivity contribution in [2.24, 2.45) is 4.99 Å². The SMILES string of the molecule is O=C(N=c1ccccn1Cn1nnc2ccccc21)c1ccccc1. The Kier molecular flexibility index (Phi) is 3.92. The van der Waals surface area contributed by atoms with Crippen LogP contribution < -0.4 is 5.49 Å². The minimum Gasteiger partial charge on any atom is -0.313 e. The molecule has 2 aromatic carbocycles. The molecule has 0 aliphatic rings. The van der Waals surface area contributed by atoms with Gasteiger partial charge in [0.25, 0.3) is 5.91 Å². The van der Waals surface area contributed by atoms with Gasteiger partial charge >= 0.3 is 0 Å². The van der Waals surface area contributed by atoms with E-state index in [0.29, 0.717) is 17.7 Å². The lowest BCUT2D eigenvalue weighted by Crippen LogP contribution is -2.25. The van der Waals surface area contributed by atoms with E-state index < -0.39 is 0 Å². The molecule has 0 atom stereocenters. The van der Waals surface area contributed by atoms with Crippen LogP contribution in [0.4, 0.5) is 0 Å². The van der Waals surface area contributed by atoms with Crippen molar-refractivity contribution >= 4 is 16.9 Å². The van der Waals surface area contributed by atoms with E-state index in [4.69, 9.17) is 0 Å². The summed E-state index contributed by atoms with van der Waals surface area (Å²) in [6, 6.07) is 22.3. The molecule has 0 radical (unpaired) electrons. The molecule has 0 bridgehead atoms. The summed E-state index contributed by atoms with van der Waals surface area (Å²) in [5.74, 6) is -0.274. The molecular weight excluding hydrogens is 314 g/mol. The lowest BCUT2D eigenvalue weighted by atomic mass is 10.2. The summed E-state index contributed by atoms with van der Waals surface area (Å²) in [5.41, 5.74) is 2.89. The molecule has 0 saturated heterocycles. The summed E-state index contributed by atoms with van der Waals surface area (Å²) in [4.78, 5) is 16.6. The first-order chi connectivity index (χ1) is 12.3. The van der Waals surface area contributed by atoms with Gasteiger partial charge in [0.1, 0.15) is 17.7 Å². The number of rotatable bonds is 3. The maximum Gasteiger partial charge on any atom is 0.278 e. The average Bonchev–Trinajstić information content (AvgIpc) is 3.07. The number of carbonyl (C=O) groups is 1. The first-order valence-electron chi connectivity index (χ1n) is 7.89. The molecule has 0 saturated carbocycles. The Hall–Kier alpha value is -3.54. The fraction of sp³-hybridized carbons (Fsp3) is 0.0526. The van der Waals surface area contributed by atoms with Crippen molar-refractivity contribution in [3.63, 3.8) is 0 Å². The molecule has 2 heterocycles. The highest BCUT2D eigenvalue weighted by molar-refractivity contribution is 5.94. The van der Waals surface area contributed by atoms with Crippen LogP contribution in [0, 0.1) is 0 Å². The summed E-state index contributed by atoms with van der Waals surface area (Å²) in [7, 11) is 0. The molecule has 25 heavy (non-hydrogen) atoms. The maximum atomic E-state index is 12.4. The average molecular weight is 329 g/mol. The van der Waals surface area contributed by atoms with Crippen LogP contribution in [0.5, 0.6) is 0 Å². The number of benzene rings is 2. The van der Waals surface area contributed by atoms with Gasteiger partial charge in [0, 0.05) is 11.8 Å². The number of carbonyl (C=O) groups excluding carboxylic acids is 1. The Morgan fingerprint density at radius 2 is 1.68 bits per heavy atom. The van der Waals surface area contributed by atoms with Crippen molar-refractivity contribution < 1.29 is 4.79 Å². The summed E-state index contributed by atoms with van der Waals surface area (Å²) in [5, 5.41) is 8.34. The van der Waals surface area contributed by atoms with Crippen LogP contribution in [0.3, 0.4) is 0 Å². The Morgan fingerprint density at radius 3 is 2.56 bits per heavy atom. The van der Waals surface area contributed by atoms with Gasteiger partial charge < -0.3 is 4.57 Å². The van der Waals surface area contributed by atoms with Crippen molar-refractivity contribution in [3.05, 3.63) is 90.0 Å². The second-order valence-electron chi connectivity index (χ2n) is 5.53. The van der Waals surface area contributed by atoms with Gasteiger partial charge in [0.2, 0.25) is 0 Å². The molecule has 4 aromatic rings. The molecule has 0 aliphatic carbocycles. The van der Waals surface area contributed by atoms with Crippen LogP contribution in [0.15, 0.2) is 84.0 Å². The van der Waals surface area contributed by atoms with Gasteiger partial charge in [-0.15, -0.1) is 5.10 Å². The zero-order valence-corrected chi connectivity index (χ0v) is 13.4. The van der Waals surface area contributed by atoms with Crippen molar-refractivity contribution in [1.82, 2.24) is 19.6 Å². The predicted octanol–water partition coefficient (Wildman–Crippen LogP) is 2.48. The number of hydrogen-bond donors (Lipinski definition) is 0. The minimum absolute atomic E-state index is 0.274. The van der Waals surface area contributed by atoms with Crippen molar-refractivity contribution in [2.45, 2.75) is 6.67 Å². The fourth-order valence-corrected chi connectivity index (χ4v) is 2.60. The van der Waals surface area contributed by atoms with E-state index in [2.05, 4.69) is 15.3 Å². The van der Waals surface area contributed by atoms with E-state index in [1.807, 2.05) is 65.4 Å². The summed E-state index contributed by atoms with van der Waals surface area (Å²) >= 11 is 0. The van der Waals surface area contributed by atoms with Gasteiger partial charge in [-0.05, 0) is 36.4 Å². The van der Waals surface area contributed by atoms with Gasteiger partial charge in [-0.1, -0.05) is 41.6 Å². The van der Waals surface area contributed by atoms with E-state index in [1.165, 1.54) is 0 Å². The summed E-state index contributed by atoms with van der Waals surface area (Å²) < 4.78 is 3.64. The minimum atomic E-state index is -0.274. The molecule has 122 valence electrons. The Bertz CT molecular complexity index is 1100. The van der Waals surface area contributed by atoms with Gasteiger partial charge in [0.05, 0.1) is 5.52 Å². The van der Waals surface area contributed by atoms with Crippen molar-refractivity contribution in [2.75, 3.05) is 0 Å². The smallest absolute Gasteiger partial charge is 0.278 e. The van der Waals surface area contributed by atoms with E-state index in [-0.39, 0.29) is 5.91 Å². The van der Waals surface area contributed by atoms with E-state index in [1.54, 1.807) is 22.9 Å². The van der Waals surface area contributed by atoms with Crippen LogP contribution in [-0.4, -0.2) is 25.5 Å². The van der Waals surface area contributed by atoms with Gasteiger partial charge in [-0.3, -0.25) is 4.79 Å². The first kappa shape index (κ1) is 15.0. The molecule has 0 unspecified atom stereocenters. The number of amides is 1. The number of nitrogens with zero attached hydrogens (tertiary/aromatic N) is 5. The molecule has 1 amide bonds. The summed E-state index contributed by atoms with van der Waals surface area (Å²) in [6.07, 6.45) is 1.87. The molecule has 6 heteroatoms. The van der Waals surface area contributed by atoms with Crippen LogP contribution in [0.25, 0.3) is 11.0 Å². The number of fused-ring (bicyclic) bond motifs is 1. The molecule has 0 spiro atoms. The lowest BCUT2D eigenvalue weighted by molar-refractivity contribution is 0.0997. The van der Waals surface area contributed by atoms with Gasteiger partial charge in [-0.2, -0.15) is 4.99 Å². The van der Waals surface area contributed by atoms with Crippen LogP contribution in [-0.2, 0) is 6.67 Å². The highest BCUT2D eigenvalue weighted by Crippen LogP contribution is 2.09. The predicted molar refractivity (Wildman–Crippen MR) is 93.7 cm³/mol. The quantitative estimate of drug-likeness (QED) is 0.580. The summed E-state index contributed by atoms with van der Waals surface area (Å²) in [6.45, 7) is 0.419. The normalized spacial score (nSPS) is 11.8. The zero-order chi connectivity index (χ0) is 17.1. The standard InChI is InChI=1S/C19H15N5O/c25-19(15-8-2-1-3-9-15)20-18-12-6-7-13-23(18)14-24-17-11-5-4-10-16(17)21-22-24/h1-13H,14H2. The third-order valence-electron chi connectivity index (χ3n) is 3.86. The molecule has 0 fully saturated rings.